The van der Waals surface area contributed by atoms with Crippen LogP contribution in [0.2, 0.25) is 0 Å². The Morgan fingerprint density at radius 1 is 1.00 bits per heavy atom. The normalized spacial score (nSPS) is 13.2. The zero-order chi connectivity index (χ0) is 18.1. The third kappa shape index (κ3) is 3.05. The van der Waals surface area contributed by atoms with Crippen molar-refractivity contribution in [3.63, 3.8) is 0 Å². The van der Waals surface area contributed by atoms with Crippen LogP contribution in [-0.2, 0) is 12.6 Å². The molecule has 0 unspecified atom stereocenters. The molecule has 26 heavy (non-hydrogen) atoms. The number of hydrogen-bond acceptors (Lipinski definition) is 5. The molecule has 0 spiro atoms. The number of alkyl halides is 3. The molecule has 2 aromatic heterocycles. The van der Waals surface area contributed by atoms with E-state index in [1.165, 1.54) is 12.4 Å². The van der Waals surface area contributed by atoms with Crippen molar-refractivity contribution in [3.05, 3.63) is 60.3 Å². The van der Waals surface area contributed by atoms with Crippen molar-refractivity contribution < 1.29 is 22.6 Å². The van der Waals surface area contributed by atoms with Gasteiger partial charge in [0.1, 0.15) is 23.5 Å². The van der Waals surface area contributed by atoms with Crippen LogP contribution in [-0.4, -0.2) is 21.6 Å². The van der Waals surface area contributed by atoms with E-state index in [0.717, 1.165) is 35.6 Å². The number of rotatable bonds is 3. The van der Waals surface area contributed by atoms with E-state index in [9.17, 15) is 13.2 Å². The summed E-state index contributed by atoms with van der Waals surface area (Å²) >= 11 is 0. The molecular weight excluding hydrogens is 347 g/mol. The zero-order valence-corrected chi connectivity index (χ0v) is 13.3. The smallest absolute Gasteiger partial charge is 0.433 e. The zero-order valence-electron chi connectivity index (χ0n) is 13.3. The highest BCUT2D eigenvalue weighted by atomic mass is 19.4. The van der Waals surface area contributed by atoms with Crippen molar-refractivity contribution in [1.29, 1.82) is 0 Å². The Bertz CT molecular complexity index is 943. The largest absolute Gasteiger partial charge is 0.492 e. The summed E-state index contributed by atoms with van der Waals surface area (Å²) in [7, 11) is 0. The number of hydrogen-bond donors (Lipinski definition) is 0. The minimum atomic E-state index is -4.50. The Kier molecular flexibility index (Phi) is 3.95. The van der Waals surface area contributed by atoms with E-state index >= 15 is 0 Å². The summed E-state index contributed by atoms with van der Waals surface area (Å²) < 4.78 is 49.2. The summed E-state index contributed by atoms with van der Waals surface area (Å²) in [4.78, 5) is 11.5. The van der Waals surface area contributed by atoms with Gasteiger partial charge in [0.15, 0.2) is 0 Å². The fourth-order valence-electron chi connectivity index (χ4n) is 2.73. The van der Waals surface area contributed by atoms with Gasteiger partial charge in [-0.1, -0.05) is 18.2 Å². The van der Waals surface area contributed by atoms with Gasteiger partial charge in [-0.2, -0.15) is 13.2 Å². The number of aromatic nitrogens is 3. The lowest BCUT2D eigenvalue weighted by Gasteiger charge is -2.12. The number of nitrogens with zero attached hydrogens (tertiary/aromatic N) is 3. The Hall–Kier alpha value is -3.16. The molecule has 0 aliphatic carbocycles. The fraction of sp³-hybridized carbons (Fsp3) is 0.167. The van der Waals surface area contributed by atoms with E-state index in [-0.39, 0.29) is 11.6 Å². The van der Waals surface area contributed by atoms with E-state index in [2.05, 4.69) is 15.0 Å². The number of halogens is 3. The molecule has 5 nitrogen and oxygen atoms in total. The maximum Gasteiger partial charge on any atom is 0.433 e. The standard InChI is InChI=1S/C18H12F3N3O2/c19-18(20,21)15-5-4-12(8-23-15)26-17-14(9-22-10-24-17)13-3-1-2-11-6-7-25-16(11)13/h1-5,8-10H,6-7H2. The molecule has 0 radical (unpaired) electrons. The van der Waals surface area contributed by atoms with E-state index in [1.807, 2.05) is 18.2 Å². The minimum absolute atomic E-state index is 0.145. The summed E-state index contributed by atoms with van der Waals surface area (Å²) in [5, 5.41) is 0. The third-order valence-corrected chi connectivity index (χ3v) is 3.92. The van der Waals surface area contributed by atoms with Crippen LogP contribution < -0.4 is 9.47 Å². The van der Waals surface area contributed by atoms with Crippen LogP contribution in [0.4, 0.5) is 13.2 Å². The number of pyridine rings is 1. The fourth-order valence-corrected chi connectivity index (χ4v) is 2.73. The molecule has 1 aromatic carbocycles. The lowest BCUT2D eigenvalue weighted by Crippen LogP contribution is -2.07. The Morgan fingerprint density at radius 3 is 2.65 bits per heavy atom. The second-order valence-corrected chi connectivity index (χ2v) is 5.61. The van der Waals surface area contributed by atoms with Crippen LogP contribution in [0.3, 0.4) is 0 Å². The van der Waals surface area contributed by atoms with Gasteiger partial charge < -0.3 is 9.47 Å². The first-order chi connectivity index (χ1) is 12.5. The highest BCUT2D eigenvalue weighted by Crippen LogP contribution is 2.40. The average molecular weight is 359 g/mol. The van der Waals surface area contributed by atoms with Crippen LogP contribution in [0.15, 0.2) is 49.1 Å². The maximum atomic E-state index is 12.6. The van der Waals surface area contributed by atoms with Crippen molar-refractivity contribution in [3.8, 4) is 28.5 Å². The molecule has 0 bridgehead atoms. The van der Waals surface area contributed by atoms with Gasteiger partial charge in [0, 0.05) is 18.2 Å². The number of fused-ring (bicyclic) bond motifs is 1. The molecule has 0 saturated carbocycles. The van der Waals surface area contributed by atoms with Crippen molar-refractivity contribution >= 4 is 0 Å². The van der Waals surface area contributed by atoms with Crippen LogP contribution in [0, 0.1) is 0 Å². The summed E-state index contributed by atoms with van der Waals surface area (Å²) in [5.74, 6) is 1.11. The number of para-hydroxylation sites is 1. The predicted molar refractivity (Wildman–Crippen MR) is 86.0 cm³/mol. The highest BCUT2D eigenvalue weighted by Gasteiger charge is 2.32. The second kappa shape index (κ2) is 6.29. The number of ether oxygens (including phenoxy) is 2. The summed E-state index contributed by atoms with van der Waals surface area (Å²) in [6.45, 7) is 0.596. The van der Waals surface area contributed by atoms with Crippen LogP contribution in [0.1, 0.15) is 11.3 Å². The molecule has 3 aromatic rings. The van der Waals surface area contributed by atoms with Gasteiger partial charge in [0.05, 0.1) is 18.4 Å². The predicted octanol–water partition coefficient (Wildman–Crippen LogP) is 4.28. The van der Waals surface area contributed by atoms with Gasteiger partial charge >= 0.3 is 6.18 Å². The van der Waals surface area contributed by atoms with Crippen molar-refractivity contribution in [1.82, 2.24) is 15.0 Å². The van der Waals surface area contributed by atoms with Gasteiger partial charge in [-0.25, -0.2) is 15.0 Å². The van der Waals surface area contributed by atoms with Gasteiger partial charge in [-0.3, -0.25) is 0 Å². The number of benzene rings is 1. The Morgan fingerprint density at radius 2 is 1.88 bits per heavy atom. The van der Waals surface area contributed by atoms with Gasteiger partial charge in [-0.05, 0) is 17.7 Å². The highest BCUT2D eigenvalue weighted by molar-refractivity contribution is 5.76. The second-order valence-electron chi connectivity index (χ2n) is 5.61. The minimum Gasteiger partial charge on any atom is -0.492 e. The van der Waals surface area contributed by atoms with Gasteiger partial charge in [0.25, 0.3) is 0 Å². The molecule has 0 amide bonds. The van der Waals surface area contributed by atoms with Crippen molar-refractivity contribution in [2.24, 2.45) is 0 Å². The molecule has 3 heterocycles. The van der Waals surface area contributed by atoms with E-state index in [0.29, 0.717) is 12.2 Å². The molecule has 0 saturated heterocycles. The molecule has 8 heteroatoms. The Balaban J connectivity index is 1.68. The molecule has 0 atom stereocenters. The lowest BCUT2D eigenvalue weighted by molar-refractivity contribution is -0.141. The first-order valence-electron chi connectivity index (χ1n) is 7.78. The summed E-state index contributed by atoms with van der Waals surface area (Å²) in [5.41, 5.74) is 1.46. The van der Waals surface area contributed by atoms with Gasteiger partial charge in [-0.15, -0.1) is 0 Å². The van der Waals surface area contributed by atoms with Crippen LogP contribution >= 0.6 is 0 Å². The molecule has 132 valence electrons. The molecule has 0 N–H and O–H groups in total. The molecule has 4 rings (SSSR count). The van der Waals surface area contributed by atoms with Crippen LogP contribution in [0.25, 0.3) is 11.1 Å². The SMILES string of the molecule is FC(F)(F)c1ccc(Oc2ncncc2-c2cccc3c2OCC3)cn1. The average Bonchev–Trinajstić information content (AvgIpc) is 3.11. The molecule has 1 aliphatic rings. The first-order valence-corrected chi connectivity index (χ1v) is 7.78. The van der Waals surface area contributed by atoms with E-state index < -0.39 is 11.9 Å². The van der Waals surface area contributed by atoms with E-state index in [4.69, 9.17) is 9.47 Å². The van der Waals surface area contributed by atoms with Crippen molar-refractivity contribution in [2.45, 2.75) is 12.6 Å². The summed E-state index contributed by atoms with van der Waals surface area (Å²) in [6, 6.07) is 7.81. The lowest BCUT2D eigenvalue weighted by atomic mass is 10.0. The summed E-state index contributed by atoms with van der Waals surface area (Å²) in [6.07, 6.45) is 0.217. The quantitative estimate of drug-likeness (QED) is 0.698. The molecular formula is C18H12F3N3O2. The van der Waals surface area contributed by atoms with E-state index in [1.54, 1.807) is 6.20 Å². The monoisotopic (exact) mass is 359 g/mol. The topological polar surface area (TPSA) is 57.1 Å². The third-order valence-electron chi connectivity index (χ3n) is 3.92. The first kappa shape index (κ1) is 16.3. The van der Waals surface area contributed by atoms with Gasteiger partial charge in [0.2, 0.25) is 5.88 Å². The Labute approximate surface area is 146 Å². The van der Waals surface area contributed by atoms with Crippen LogP contribution in [0.5, 0.6) is 17.4 Å². The maximum absolute atomic E-state index is 12.6. The van der Waals surface area contributed by atoms with Crippen molar-refractivity contribution in [2.75, 3.05) is 6.61 Å². The molecule has 1 aliphatic heterocycles. The molecule has 0 fully saturated rings.